The Morgan fingerprint density at radius 3 is 2.75 bits per heavy atom. The Morgan fingerprint density at radius 1 is 1.38 bits per heavy atom. The highest BCUT2D eigenvalue weighted by molar-refractivity contribution is 14.0. The normalized spacial score (nSPS) is 11.2. The fraction of sp³-hybridized carbons (Fsp3) is 0.533. The van der Waals surface area contributed by atoms with Gasteiger partial charge in [-0.3, -0.25) is 9.67 Å². The standard InChI is InChI=1S/C15H24N6S2.HI/c1-11-13(12(2)21(4)20-11)10-19-14(16-3)17-6-5-8-22-15-18-7-9-23-15;/h7,9H,5-6,8,10H2,1-4H3,(H2,16,17,19);1H. The van der Waals surface area contributed by atoms with Crippen molar-refractivity contribution < 1.29 is 0 Å². The summed E-state index contributed by atoms with van der Waals surface area (Å²) in [6.45, 7) is 5.75. The minimum atomic E-state index is 0. The first-order valence-electron chi connectivity index (χ1n) is 7.57. The lowest BCUT2D eigenvalue weighted by Crippen LogP contribution is -2.37. The van der Waals surface area contributed by atoms with Crippen LogP contribution >= 0.6 is 47.1 Å². The molecule has 0 spiro atoms. The summed E-state index contributed by atoms with van der Waals surface area (Å²) in [6, 6.07) is 0. The number of nitrogens with zero attached hydrogens (tertiary/aromatic N) is 4. The van der Waals surface area contributed by atoms with Crippen molar-refractivity contribution in [2.75, 3.05) is 19.3 Å². The number of rotatable bonds is 7. The molecule has 2 aromatic rings. The van der Waals surface area contributed by atoms with Crippen molar-refractivity contribution in [3.05, 3.63) is 28.5 Å². The van der Waals surface area contributed by atoms with Gasteiger partial charge in [0.2, 0.25) is 0 Å². The van der Waals surface area contributed by atoms with Crippen LogP contribution in [0.15, 0.2) is 20.9 Å². The fourth-order valence-electron chi connectivity index (χ4n) is 2.19. The van der Waals surface area contributed by atoms with Crippen molar-refractivity contribution in [1.29, 1.82) is 0 Å². The summed E-state index contributed by atoms with van der Waals surface area (Å²) in [4.78, 5) is 8.53. The van der Waals surface area contributed by atoms with Crippen molar-refractivity contribution >= 4 is 53.0 Å². The van der Waals surface area contributed by atoms with E-state index in [1.807, 2.05) is 30.2 Å². The molecule has 2 rings (SSSR count). The number of aromatic nitrogens is 3. The average molecular weight is 480 g/mol. The van der Waals surface area contributed by atoms with Gasteiger partial charge in [0.25, 0.3) is 0 Å². The van der Waals surface area contributed by atoms with Crippen LogP contribution < -0.4 is 10.6 Å². The van der Waals surface area contributed by atoms with Gasteiger partial charge in [-0.2, -0.15) is 5.10 Å². The van der Waals surface area contributed by atoms with Gasteiger partial charge in [-0.25, -0.2) is 4.98 Å². The molecule has 0 aromatic carbocycles. The van der Waals surface area contributed by atoms with Crippen LogP contribution in [0.4, 0.5) is 0 Å². The van der Waals surface area contributed by atoms with E-state index in [1.54, 1.807) is 30.1 Å². The molecule has 0 saturated carbocycles. The number of hydrogen-bond acceptors (Lipinski definition) is 5. The summed E-state index contributed by atoms with van der Waals surface area (Å²) in [5.41, 5.74) is 3.48. The van der Waals surface area contributed by atoms with E-state index >= 15 is 0 Å². The SMILES string of the molecule is CN=C(NCCCSc1nccs1)NCc1c(C)nn(C)c1C.I. The molecule has 0 radical (unpaired) electrons. The van der Waals surface area contributed by atoms with Crippen molar-refractivity contribution in [3.63, 3.8) is 0 Å². The van der Waals surface area contributed by atoms with E-state index in [2.05, 4.69) is 32.6 Å². The molecular formula is C15H25IN6S2. The minimum Gasteiger partial charge on any atom is -0.356 e. The number of thiazole rings is 1. The monoisotopic (exact) mass is 480 g/mol. The molecule has 0 amide bonds. The first-order chi connectivity index (χ1) is 11.1. The molecule has 0 saturated heterocycles. The van der Waals surface area contributed by atoms with Crippen LogP contribution in [0.25, 0.3) is 0 Å². The van der Waals surface area contributed by atoms with Gasteiger partial charge < -0.3 is 10.6 Å². The van der Waals surface area contributed by atoms with Crippen molar-refractivity contribution in [2.24, 2.45) is 12.0 Å². The Labute approximate surface area is 169 Å². The van der Waals surface area contributed by atoms with Crippen molar-refractivity contribution in [3.8, 4) is 0 Å². The van der Waals surface area contributed by atoms with Crippen LogP contribution in [0.3, 0.4) is 0 Å². The predicted octanol–water partition coefficient (Wildman–Crippen LogP) is 2.96. The summed E-state index contributed by atoms with van der Waals surface area (Å²) in [7, 11) is 3.77. The van der Waals surface area contributed by atoms with Gasteiger partial charge in [-0.1, -0.05) is 11.8 Å². The molecule has 6 nitrogen and oxygen atoms in total. The van der Waals surface area contributed by atoms with E-state index in [-0.39, 0.29) is 24.0 Å². The maximum absolute atomic E-state index is 4.43. The Kier molecular flexibility index (Phi) is 9.67. The number of guanidine groups is 1. The van der Waals surface area contributed by atoms with Gasteiger partial charge in [0.15, 0.2) is 5.96 Å². The predicted molar refractivity (Wildman–Crippen MR) is 114 cm³/mol. The average Bonchev–Trinajstić information content (AvgIpc) is 3.13. The van der Waals surface area contributed by atoms with Crippen LogP contribution in [0.5, 0.6) is 0 Å². The smallest absolute Gasteiger partial charge is 0.191 e. The second-order valence-corrected chi connectivity index (χ2v) is 7.36. The summed E-state index contributed by atoms with van der Waals surface area (Å²) in [5, 5.41) is 13.1. The highest BCUT2D eigenvalue weighted by atomic mass is 127. The quantitative estimate of drug-likeness (QED) is 0.210. The number of aliphatic imine (C=N–C) groups is 1. The summed E-state index contributed by atoms with van der Waals surface area (Å²) in [5.74, 6) is 1.88. The Balaban J connectivity index is 0.00000288. The van der Waals surface area contributed by atoms with Gasteiger partial charge in [0.1, 0.15) is 4.34 Å². The highest BCUT2D eigenvalue weighted by Gasteiger charge is 2.09. The molecular weight excluding hydrogens is 455 g/mol. The molecule has 0 bridgehead atoms. The maximum Gasteiger partial charge on any atom is 0.191 e. The van der Waals surface area contributed by atoms with Gasteiger partial charge in [0, 0.05) is 55.8 Å². The van der Waals surface area contributed by atoms with E-state index in [4.69, 9.17) is 0 Å². The van der Waals surface area contributed by atoms with Gasteiger partial charge in [-0.15, -0.1) is 35.3 Å². The van der Waals surface area contributed by atoms with Crippen molar-refractivity contribution in [2.45, 2.75) is 31.2 Å². The zero-order valence-electron chi connectivity index (χ0n) is 14.5. The number of hydrogen-bond donors (Lipinski definition) is 2. The summed E-state index contributed by atoms with van der Waals surface area (Å²) >= 11 is 3.49. The van der Waals surface area contributed by atoms with Crippen LogP contribution in [-0.2, 0) is 13.6 Å². The molecule has 2 heterocycles. The lowest BCUT2D eigenvalue weighted by Gasteiger charge is -2.12. The van der Waals surface area contributed by atoms with E-state index in [9.17, 15) is 0 Å². The highest BCUT2D eigenvalue weighted by Crippen LogP contribution is 2.20. The summed E-state index contributed by atoms with van der Waals surface area (Å²) < 4.78 is 3.05. The number of nitrogens with one attached hydrogen (secondary N) is 2. The van der Waals surface area contributed by atoms with E-state index in [0.29, 0.717) is 0 Å². The lowest BCUT2D eigenvalue weighted by molar-refractivity contribution is 0.728. The lowest BCUT2D eigenvalue weighted by atomic mass is 10.2. The Morgan fingerprint density at radius 2 is 2.17 bits per heavy atom. The summed E-state index contributed by atoms with van der Waals surface area (Å²) in [6.07, 6.45) is 2.91. The molecule has 0 atom stereocenters. The Hall–Kier alpha value is -0.810. The third kappa shape index (κ3) is 6.25. The first kappa shape index (κ1) is 21.2. The number of halogens is 1. The van der Waals surface area contributed by atoms with E-state index in [1.165, 1.54) is 11.3 Å². The van der Waals surface area contributed by atoms with Gasteiger partial charge >= 0.3 is 0 Å². The first-order valence-corrected chi connectivity index (χ1v) is 9.44. The minimum absolute atomic E-state index is 0. The second kappa shape index (κ2) is 10.9. The molecule has 134 valence electrons. The zero-order valence-corrected chi connectivity index (χ0v) is 18.5. The number of thioether (sulfide) groups is 1. The molecule has 9 heteroatoms. The molecule has 0 aliphatic rings. The van der Waals surface area contributed by atoms with Crippen LogP contribution in [-0.4, -0.2) is 40.1 Å². The third-order valence-corrected chi connectivity index (χ3v) is 5.62. The number of aryl methyl sites for hydroxylation is 2. The molecule has 2 N–H and O–H groups in total. The van der Waals surface area contributed by atoms with Gasteiger partial charge in [0.05, 0.1) is 5.69 Å². The molecule has 24 heavy (non-hydrogen) atoms. The van der Waals surface area contributed by atoms with E-state index in [0.717, 1.165) is 41.3 Å². The third-order valence-electron chi connectivity index (χ3n) is 3.56. The molecule has 0 aliphatic heterocycles. The fourth-order valence-corrected chi connectivity index (χ4v) is 3.83. The largest absolute Gasteiger partial charge is 0.356 e. The molecule has 2 aromatic heterocycles. The van der Waals surface area contributed by atoms with Gasteiger partial charge in [-0.05, 0) is 20.3 Å². The molecule has 0 fully saturated rings. The van der Waals surface area contributed by atoms with Crippen LogP contribution in [0.1, 0.15) is 23.4 Å². The molecule has 0 aliphatic carbocycles. The van der Waals surface area contributed by atoms with Crippen LogP contribution in [0, 0.1) is 13.8 Å². The zero-order chi connectivity index (χ0) is 16.7. The van der Waals surface area contributed by atoms with E-state index < -0.39 is 0 Å². The molecule has 0 unspecified atom stereocenters. The van der Waals surface area contributed by atoms with Crippen LogP contribution in [0.2, 0.25) is 0 Å². The second-order valence-electron chi connectivity index (χ2n) is 5.13. The Bertz CT molecular complexity index is 639. The maximum atomic E-state index is 4.43. The van der Waals surface area contributed by atoms with Crippen molar-refractivity contribution in [1.82, 2.24) is 25.4 Å². The topological polar surface area (TPSA) is 67.1 Å².